The lowest BCUT2D eigenvalue weighted by molar-refractivity contribution is 0.102. The van der Waals surface area contributed by atoms with Gasteiger partial charge < -0.3 is 10.6 Å². The predicted octanol–water partition coefficient (Wildman–Crippen LogP) is 3.50. The van der Waals surface area contributed by atoms with Gasteiger partial charge >= 0.3 is 0 Å². The second-order valence-corrected chi connectivity index (χ2v) is 4.91. The Hall–Kier alpha value is -2.36. The number of amides is 1. The van der Waals surface area contributed by atoms with Crippen molar-refractivity contribution in [2.75, 3.05) is 17.7 Å². The fourth-order valence-electron chi connectivity index (χ4n) is 1.84. The molecule has 4 heteroatoms. The molecule has 0 saturated heterocycles. The minimum atomic E-state index is -0.126. The summed E-state index contributed by atoms with van der Waals surface area (Å²) < 4.78 is 0. The van der Waals surface area contributed by atoms with Gasteiger partial charge in [-0.05, 0) is 35.7 Å². The Morgan fingerprint density at radius 1 is 1.10 bits per heavy atom. The van der Waals surface area contributed by atoms with Crippen LogP contribution in [0.1, 0.15) is 35.7 Å². The fraction of sp³-hybridized carbons (Fsp3) is 0.250. The second-order valence-electron chi connectivity index (χ2n) is 4.91. The second kappa shape index (κ2) is 6.19. The highest BCUT2D eigenvalue weighted by Gasteiger charge is 2.07. The van der Waals surface area contributed by atoms with E-state index in [0.717, 1.165) is 5.82 Å². The molecule has 0 bridgehead atoms. The smallest absolute Gasteiger partial charge is 0.255 e. The van der Waals surface area contributed by atoms with Gasteiger partial charge in [-0.2, -0.15) is 0 Å². The zero-order chi connectivity index (χ0) is 14.5. The van der Waals surface area contributed by atoms with Crippen molar-refractivity contribution < 1.29 is 4.79 Å². The Labute approximate surface area is 119 Å². The maximum Gasteiger partial charge on any atom is 0.255 e. The largest absolute Gasteiger partial charge is 0.373 e. The third-order valence-electron chi connectivity index (χ3n) is 3.12. The van der Waals surface area contributed by atoms with Crippen LogP contribution in [0.15, 0.2) is 42.6 Å². The van der Waals surface area contributed by atoms with E-state index in [-0.39, 0.29) is 5.91 Å². The molecule has 20 heavy (non-hydrogen) atoms. The average molecular weight is 269 g/mol. The van der Waals surface area contributed by atoms with Crippen LogP contribution in [0.2, 0.25) is 0 Å². The molecule has 104 valence electrons. The number of hydrogen-bond acceptors (Lipinski definition) is 3. The summed E-state index contributed by atoms with van der Waals surface area (Å²) in [6, 6.07) is 11.3. The fourth-order valence-corrected chi connectivity index (χ4v) is 1.84. The van der Waals surface area contributed by atoms with Gasteiger partial charge in [0, 0.05) is 12.6 Å². The summed E-state index contributed by atoms with van der Waals surface area (Å²) in [6.45, 7) is 4.26. The molecule has 1 aromatic carbocycles. The summed E-state index contributed by atoms with van der Waals surface area (Å²) >= 11 is 0. The molecule has 0 fully saturated rings. The Morgan fingerprint density at radius 2 is 1.80 bits per heavy atom. The van der Waals surface area contributed by atoms with Crippen LogP contribution in [0.4, 0.5) is 11.5 Å². The first-order chi connectivity index (χ1) is 9.60. The number of carbonyl (C=O) groups is 1. The lowest BCUT2D eigenvalue weighted by atomic mass is 10.0. The molecular weight excluding hydrogens is 250 g/mol. The molecule has 0 saturated carbocycles. The molecule has 1 aromatic heterocycles. The molecule has 0 aliphatic carbocycles. The molecule has 2 N–H and O–H groups in total. The van der Waals surface area contributed by atoms with Gasteiger partial charge in [0.1, 0.15) is 5.82 Å². The monoisotopic (exact) mass is 269 g/mol. The van der Waals surface area contributed by atoms with Gasteiger partial charge in [-0.3, -0.25) is 4.79 Å². The van der Waals surface area contributed by atoms with Crippen LogP contribution < -0.4 is 10.6 Å². The lowest BCUT2D eigenvalue weighted by Gasteiger charge is -2.08. The summed E-state index contributed by atoms with van der Waals surface area (Å²) in [5, 5.41) is 5.76. The van der Waals surface area contributed by atoms with Crippen molar-refractivity contribution >= 4 is 17.4 Å². The van der Waals surface area contributed by atoms with Crippen LogP contribution in [0.3, 0.4) is 0 Å². The van der Waals surface area contributed by atoms with Gasteiger partial charge in [-0.15, -0.1) is 0 Å². The normalized spacial score (nSPS) is 10.4. The summed E-state index contributed by atoms with van der Waals surface area (Å²) in [4.78, 5) is 16.3. The van der Waals surface area contributed by atoms with E-state index in [4.69, 9.17) is 0 Å². The number of hydrogen-bond donors (Lipinski definition) is 2. The average Bonchev–Trinajstić information content (AvgIpc) is 2.48. The van der Waals surface area contributed by atoms with Crippen LogP contribution >= 0.6 is 0 Å². The molecule has 0 aliphatic heterocycles. The van der Waals surface area contributed by atoms with Gasteiger partial charge in [-0.25, -0.2) is 4.98 Å². The highest BCUT2D eigenvalue weighted by molar-refractivity contribution is 6.04. The van der Waals surface area contributed by atoms with Crippen LogP contribution in [-0.4, -0.2) is 17.9 Å². The standard InChI is InChI=1S/C16H19N3O/c1-11(2)12-4-6-13(7-5-12)16(20)19-14-8-9-15(17-3)18-10-14/h4-11H,1-3H3,(H,17,18)(H,19,20). The van der Waals surface area contributed by atoms with Gasteiger partial charge in [0.05, 0.1) is 11.9 Å². The Kier molecular flexibility index (Phi) is 4.35. The molecule has 0 unspecified atom stereocenters. The minimum Gasteiger partial charge on any atom is -0.373 e. The van der Waals surface area contributed by atoms with Gasteiger partial charge in [0.2, 0.25) is 0 Å². The van der Waals surface area contributed by atoms with Crippen molar-refractivity contribution in [3.63, 3.8) is 0 Å². The lowest BCUT2D eigenvalue weighted by Crippen LogP contribution is -2.12. The van der Waals surface area contributed by atoms with Gasteiger partial charge in [-0.1, -0.05) is 26.0 Å². The predicted molar refractivity (Wildman–Crippen MR) is 82.3 cm³/mol. The van der Waals surface area contributed by atoms with E-state index >= 15 is 0 Å². The van der Waals surface area contributed by atoms with Gasteiger partial charge in [0.15, 0.2) is 0 Å². The van der Waals surface area contributed by atoms with Crippen molar-refractivity contribution in [1.29, 1.82) is 0 Å². The van der Waals surface area contributed by atoms with Crippen molar-refractivity contribution in [1.82, 2.24) is 4.98 Å². The maximum atomic E-state index is 12.1. The molecule has 2 aromatic rings. The van der Waals surface area contributed by atoms with Crippen molar-refractivity contribution in [2.45, 2.75) is 19.8 Å². The van der Waals surface area contributed by atoms with E-state index in [1.807, 2.05) is 36.4 Å². The van der Waals surface area contributed by atoms with E-state index < -0.39 is 0 Å². The summed E-state index contributed by atoms with van der Waals surface area (Å²) in [6.07, 6.45) is 1.63. The van der Waals surface area contributed by atoms with E-state index in [1.54, 1.807) is 13.2 Å². The van der Waals surface area contributed by atoms with Crippen LogP contribution in [0, 0.1) is 0 Å². The van der Waals surface area contributed by atoms with E-state index in [1.165, 1.54) is 5.56 Å². The number of benzene rings is 1. The maximum absolute atomic E-state index is 12.1. The Balaban J connectivity index is 2.07. The first-order valence-corrected chi connectivity index (χ1v) is 6.65. The quantitative estimate of drug-likeness (QED) is 0.893. The first kappa shape index (κ1) is 14.1. The molecule has 1 amide bonds. The van der Waals surface area contributed by atoms with E-state index in [2.05, 4.69) is 29.5 Å². The topological polar surface area (TPSA) is 54.0 Å². The number of pyridine rings is 1. The molecule has 0 spiro atoms. The van der Waals surface area contributed by atoms with Crippen molar-refractivity contribution in [3.05, 3.63) is 53.7 Å². The third kappa shape index (κ3) is 3.35. The molecule has 1 heterocycles. The minimum absolute atomic E-state index is 0.126. The molecule has 2 rings (SSSR count). The summed E-state index contributed by atoms with van der Waals surface area (Å²) in [5.41, 5.74) is 2.55. The van der Waals surface area contributed by atoms with E-state index in [0.29, 0.717) is 17.2 Å². The molecule has 4 nitrogen and oxygen atoms in total. The SMILES string of the molecule is CNc1ccc(NC(=O)c2ccc(C(C)C)cc2)cn1. The zero-order valence-corrected chi connectivity index (χ0v) is 12.0. The Morgan fingerprint density at radius 3 is 2.30 bits per heavy atom. The Bertz CT molecular complexity index is 574. The first-order valence-electron chi connectivity index (χ1n) is 6.65. The molecular formula is C16H19N3O. The number of nitrogens with one attached hydrogen (secondary N) is 2. The van der Waals surface area contributed by atoms with Gasteiger partial charge in [0.25, 0.3) is 5.91 Å². The number of anilines is 2. The molecule has 0 aliphatic rings. The number of nitrogens with zero attached hydrogens (tertiary/aromatic N) is 1. The van der Waals surface area contributed by atoms with Crippen molar-refractivity contribution in [3.8, 4) is 0 Å². The number of aromatic nitrogens is 1. The summed E-state index contributed by atoms with van der Waals surface area (Å²) in [7, 11) is 1.80. The van der Waals surface area contributed by atoms with E-state index in [9.17, 15) is 4.79 Å². The van der Waals surface area contributed by atoms with Crippen LogP contribution in [-0.2, 0) is 0 Å². The number of carbonyl (C=O) groups excluding carboxylic acids is 1. The molecule has 0 atom stereocenters. The molecule has 0 radical (unpaired) electrons. The third-order valence-corrected chi connectivity index (χ3v) is 3.12. The highest BCUT2D eigenvalue weighted by atomic mass is 16.1. The summed E-state index contributed by atoms with van der Waals surface area (Å²) in [5.74, 6) is 1.11. The van der Waals surface area contributed by atoms with Crippen LogP contribution in [0.25, 0.3) is 0 Å². The highest BCUT2D eigenvalue weighted by Crippen LogP contribution is 2.16. The zero-order valence-electron chi connectivity index (χ0n) is 12.0. The number of rotatable bonds is 4. The van der Waals surface area contributed by atoms with Crippen molar-refractivity contribution in [2.24, 2.45) is 0 Å². The van der Waals surface area contributed by atoms with Crippen LogP contribution in [0.5, 0.6) is 0 Å².